The van der Waals surface area contributed by atoms with Gasteiger partial charge in [-0.05, 0) is 105 Å². The zero-order chi connectivity index (χ0) is 22.6. The van der Waals surface area contributed by atoms with Crippen LogP contribution < -0.4 is 0 Å². The van der Waals surface area contributed by atoms with Crippen LogP contribution in [0.2, 0.25) is 0 Å². The molecule has 4 aliphatic carbocycles. The van der Waals surface area contributed by atoms with Crippen molar-refractivity contribution in [2.24, 2.45) is 34.5 Å². The van der Waals surface area contributed by atoms with Gasteiger partial charge in [0.15, 0.2) is 0 Å². The number of hydrogen-bond donors (Lipinski definition) is 1. The molecule has 0 saturated heterocycles. The van der Waals surface area contributed by atoms with Crippen molar-refractivity contribution in [1.29, 1.82) is 0 Å². The molecule has 1 nitrogen and oxygen atoms in total. The topological polar surface area (TPSA) is 20.2 Å². The van der Waals surface area contributed by atoms with E-state index in [2.05, 4.69) is 26.8 Å². The lowest BCUT2D eigenvalue weighted by Gasteiger charge is -2.60. The molecule has 0 aliphatic heterocycles. The van der Waals surface area contributed by atoms with E-state index >= 15 is 0 Å². The molecule has 4 fully saturated rings. The zero-order valence-corrected chi connectivity index (χ0v) is 21.8. The lowest BCUT2D eigenvalue weighted by molar-refractivity contribution is -0.116. The molecule has 0 spiro atoms. The Kier molecular flexibility index (Phi) is 8.50. The average Bonchev–Trinajstić information content (AvgIpc) is 3.12. The summed E-state index contributed by atoms with van der Waals surface area (Å²) in [5, 5.41) is 10.3. The van der Waals surface area contributed by atoms with Crippen molar-refractivity contribution in [2.45, 2.75) is 149 Å². The maximum atomic E-state index is 10.3. The fourth-order valence-corrected chi connectivity index (χ4v) is 9.15. The highest BCUT2D eigenvalue weighted by molar-refractivity contribution is 5.24. The second kappa shape index (κ2) is 11.0. The molecule has 0 radical (unpaired) electrons. The Morgan fingerprint density at radius 2 is 1.53 bits per heavy atom. The van der Waals surface area contributed by atoms with E-state index in [4.69, 9.17) is 0 Å². The van der Waals surface area contributed by atoms with E-state index in [9.17, 15) is 5.11 Å². The summed E-state index contributed by atoms with van der Waals surface area (Å²) in [6, 6.07) is 0. The summed E-state index contributed by atoms with van der Waals surface area (Å²) < 4.78 is 0. The molecule has 4 rings (SSSR count). The molecule has 0 aromatic heterocycles. The Morgan fingerprint density at radius 3 is 2.28 bits per heavy atom. The summed E-state index contributed by atoms with van der Waals surface area (Å²) in [5.74, 6) is 3.63. The SMILES string of the molecule is CCCCCCCCCCC/C=C1\CCC2C3CCC4C[C@@H](O)CC[C@]4(C)C3CC[C@]12C. The van der Waals surface area contributed by atoms with Crippen molar-refractivity contribution in [3.8, 4) is 0 Å². The molecule has 4 aliphatic rings. The van der Waals surface area contributed by atoms with Crippen molar-refractivity contribution < 1.29 is 5.11 Å². The van der Waals surface area contributed by atoms with Gasteiger partial charge in [-0.1, -0.05) is 83.8 Å². The van der Waals surface area contributed by atoms with E-state index in [1.54, 1.807) is 0 Å². The maximum absolute atomic E-state index is 10.3. The molecule has 0 aromatic carbocycles. The lowest BCUT2D eigenvalue weighted by Crippen LogP contribution is -2.53. The van der Waals surface area contributed by atoms with Crippen LogP contribution in [0.1, 0.15) is 143 Å². The standard InChI is InChI=1S/C31H54O/c1-4-5-6-7-8-9-10-11-12-13-14-24-16-18-28-27-17-15-25-23-26(32)19-21-31(25,3)29(27)20-22-30(24,28)2/h14,25-29,32H,4-13,15-23H2,1-3H3/b24-14+/t25?,26-,27?,28?,29?,30+,31-/m0/s1. The molecule has 184 valence electrons. The lowest BCUT2D eigenvalue weighted by atomic mass is 9.45. The van der Waals surface area contributed by atoms with Crippen LogP contribution in [0.15, 0.2) is 11.6 Å². The van der Waals surface area contributed by atoms with Crippen molar-refractivity contribution >= 4 is 0 Å². The van der Waals surface area contributed by atoms with Gasteiger partial charge >= 0.3 is 0 Å². The Labute approximate surface area is 200 Å². The predicted octanol–water partition coefficient (Wildman–Crippen LogP) is 9.24. The number of unbranched alkanes of at least 4 members (excludes halogenated alkanes) is 9. The van der Waals surface area contributed by atoms with Gasteiger partial charge in [0.05, 0.1) is 6.10 Å². The van der Waals surface area contributed by atoms with Gasteiger partial charge < -0.3 is 5.11 Å². The maximum Gasteiger partial charge on any atom is 0.0543 e. The van der Waals surface area contributed by atoms with Crippen LogP contribution in [0.4, 0.5) is 0 Å². The molecule has 4 unspecified atom stereocenters. The van der Waals surface area contributed by atoms with Crippen LogP contribution >= 0.6 is 0 Å². The van der Waals surface area contributed by atoms with Gasteiger partial charge in [0.1, 0.15) is 0 Å². The third kappa shape index (κ3) is 5.04. The first-order chi connectivity index (χ1) is 15.5. The van der Waals surface area contributed by atoms with Crippen molar-refractivity contribution in [3.05, 3.63) is 11.6 Å². The number of aliphatic hydroxyl groups excluding tert-OH is 1. The summed E-state index contributed by atoms with van der Waals surface area (Å²) in [7, 11) is 0. The molecule has 1 heteroatoms. The number of fused-ring (bicyclic) bond motifs is 5. The number of allylic oxidation sites excluding steroid dienone is 2. The van der Waals surface area contributed by atoms with Crippen LogP contribution in [0, 0.1) is 34.5 Å². The highest BCUT2D eigenvalue weighted by atomic mass is 16.3. The van der Waals surface area contributed by atoms with E-state index in [0.717, 1.165) is 36.5 Å². The van der Waals surface area contributed by atoms with Crippen LogP contribution in [0.5, 0.6) is 0 Å². The molecule has 0 aromatic rings. The average molecular weight is 443 g/mol. The Morgan fingerprint density at radius 1 is 0.812 bits per heavy atom. The van der Waals surface area contributed by atoms with Gasteiger partial charge in [0.25, 0.3) is 0 Å². The summed E-state index contributed by atoms with van der Waals surface area (Å²) in [6.07, 6.45) is 29.0. The Bertz CT molecular complexity index is 622. The van der Waals surface area contributed by atoms with Crippen LogP contribution in [-0.4, -0.2) is 11.2 Å². The first kappa shape index (κ1) is 24.8. The van der Waals surface area contributed by atoms with E-state index in [0.29, 0.717) is 10.8 Å². The minimum atomic E-state index is -0.0134. The van der Waals surface area contributed by atoms with Crippen LogP contribution in [0.3, 0.4) is 0 Å². The monoisotopic (exact) mass is 442 g/mol. The quantitative estimate of drug-likeness (QED) is 0.264. The zero-order valence-electron chi connectivity index (χ0n) is 21.8. The minimum Gasteiger partial charge on any atom is -0.393 e. The second-order valence-corrected chi connectivity index (χ2v) is 12.9. The molecular formula is C31H54O. The summed E-state index contributed by atoms with van der Waals surface area (Å²) in [5.41, 5.74) is 2.89. The van der Waals surface area contributed by atoms with Gasteiger partial charge in [-0.3, -0.25) is 0 Å². The highest BCUT2D eigenvalue weighted by Crippen LogP contribution is 2.67. The van der Waals surface area contributed by atoms with Crippen molar-refractivity contribution in [2.75, 3.05) is 0 Å². The van der Waals surface area contributed by atoms with Gasteiger partial charge in [-0.15, -0.1) is 0 Å². The fourth-order valence-electron chi connectivity index (χ4n) is 9.15. The molecule has 1 N–H and O–H groups in total. The molecule has 32 heavy (non-hydrogen) atoms. The molecule has 7 atom stereocenters. The number of rotatable bonds is 10. The highest BCUT2D eigenvalue weighted by Gasteiger charge is 2.58. The summed E-state index contributed by atoms with van der Waals surface area (Å²) in [4.78, 5) is 0. The Balaban J connectivity index is 1.26. The molecule has 0 amide bonds. The third-order valence-electron chi connectivity index (χ3n) is 11.2. The Hall–Kier alpha value is -0.300. The van der Waals surface area contributed by atoms with Gasteiger partial charge in [-0.25, -0.2) is 0 Å². The van der Waals surface area contributed by atoms with E-state index in [1.165, 1.54) is 109 Å². The minimum absolute atomic E-state index is 0.0134. The largest absolute Gasteiger partial charge is 0.393 e. The van der Waals surface area contributed by atoms with Gasteiger partial charge in [0, 0.05) is 0 Å². The van der Waals surface area contributed by atoms with E-state index < -0.39 is 0 Å². The molecule has 0 bridgehead atoms. The molecular weight excluding hydrogens is 388 g/mol. The second-order valence-electron chi connectivity index (χ2n) is 12.9. The van der Waals surface area contributed by atoms with Crippen molar-refractivity contribution in [3.63, 3.8) is 0 Å². The fraction of sp³-hybridized carbons (Fsp3) is 0.935. The predicted molar refractivity (Wildman–Crippen MR) is 138 cm³/mol. The van der Waals surface area contributed by atoms with Crippen LogP contribution in [0.25, 0.3) is 0 Å². The summed E-state index contributed by atoms with van der Waals surface area (Å²) in [6.45, 7) is 7.58. The summed E-state index contributed by atoms with van der Waals surface area (Å²) >= 11 is 0. The smallest absolute Gasteiger partial charge is 0.0543 e. The van der Waals surface area contributed by atoms with Crippen LogP contribution in [-0.2, 0) is 0 Å². The first-order valence-corrected chi connectivity index (χ1v) is 14.9. The van der Waals surface area contributed by atoms with E-state index in [1.807, 2.05) is 5.57 Å². The first-order valence-electron chi connectivity index (χ1n) is 14.9. The normalized spacial score (nSPS) is 42.5. The third-order valence-corrected chi connectivity index (χ3v) is 11.2. The number of hydrogen-bond acceptors (Lipinski definition) is 1. The molecule has 0 heterocycles. The molecule has 4 saturated carbocycles. The number of aliphatic hydroxyl groups is 1. The van der Waals surface area contributed by atoms with Gasteiger partial charge in [-0.2, -0.15) is 0 Å². The van der Waals surface area contributed by atoms with E-state index in [-0.39, 0.29) is 6.10 Å². The van der Waals surface area contributed by atoms with Crippen molar-refractivity contribution in [1.82, 2.24) is 0 Å². The van der Waals surface area contributed by atoms with Gasteiger partial charge in [0.2, 0.25) is 0 Å².